The van der Waals surface area contributed by atoms with Crippen molar-refractivity contribution in [3.8, 4) is 0 Å². The molecule has 0 amide bonds. The number of esters is 1. The van der Waals surface area contributed by atoms with Gasteiger partial charge in [-0.25, -0.2) is 9.48 Å². The first-order chi connectivity index (χ1) is 12.4. The number of fused-ring (bicyclic) bond motifs is 2. The van der Waals surface area contributed by atoms with Crippen LogP contribution in [0.5, 0.6) is 0 Å². The van der Waals surface area contributed by atoms with E-state index in [2.05, 4.69) is 5.10 Å². The lowest BCUT2D eigenvalue weighted by molar-refractivity contribution is -0.119. The monoisotopic (exact) mass is 353 g/mol. The molecule has 6 nitrogen and oxygen atoms in total. The molecule has 2 aliphatic rings. The van der Waals surface area contributed by atoms with E-state index in [1.807, 2.05) is 30.3 Å². The van der Waals surface area contributed by atoms with Gasteiger partial charge in [0.05, 0.1) is 11.3 Å². The van der Waals surface area contributed by atoms with Crippen molar-refractivity contribution in [2.75, 3.05) is 5.73 Å². The zero-order valence-electron chi connectivity index (χ0n) is 15.1. The number of ketones is 1. The van der Waals surface area contributed by atoms with Crippen molar-refractivity contribution >= 4 is 17.6 Å². The Morgan fingerprint density at radius 1 is 1.35 bits per heavy atom. The minimum absolute atomic E-state index is 0.0309. The Balaban J connectivity index is 1.54. The average Bonchev–Trinajstić information content (AvgIpc) is 3.14. The first-order valence-corrected chi connectivity index (χ1v) is 9.09. The van der Waals surface area contributed by atoms with Crippen molar-refractivity contribution < 1.29 is 14.3 Å². The summed E-state index contributed by atoms with van der Waals surface area (Å²) in [5, 5.41) is 4.59. The maximum absolute atomic E-state index is 12.2. The van der Waals surface area contributed by atoms with Crippen LogP contribution in [0.2, 0.25) is 0 Å². The Hall–Kier alpha value is -2.63. The Morgan fingerprint density at radius 3 is 2.73 bits per heavy atom. The van der Waals surface area contributed by atoms with Crippen LogP contribution in [0.25, 0.3) is 0 Å². The van der Waals surface area contributed by atoms with Gasteiger partial charge in [0.25, 0.3) is 0 Å². The fraction of sp³-hybridized carbons (Fsp3) is 0.450. The van der Waals surface area contributed by atoms with E-state index in [1.54, 1.807) is 18.5 Å². The van der Waals surface area contributed by atoms with Crippen LogP contribution in [-0.2, 0) is 15.1 Å². The van der Waals surface area contributed by atoms with Crippen LogP contribution in [0, 0.1) is 0 Å². The van der Waals surface area contributed by atoms with Crippen molar-refractivity contribution in [1.82, 2.24) is 9.78 Å². The molecule has 1 aliphatic carbocycles. The van der Waals surface area contributed by atoms with Crippen molar-refractivity contribution in [3.63, 3.8) is 0 Å². The van der Waals surface area contributed by atoms with E-state index < -0.39 is 5.60 Å². The molecule has 26 heavy (non-hydrogen) atoms. The van der Waals surface area contributed by atoms with E-state index in [-0.39, 0.29) is 23.7 Å². The normalized spacial score (nSPS) is 25.8. The van der Waals surface area contributed by atoms with E-state index in [9.17, 15) is 9.59 Å². The molecule has 1 aromatic carbocycles. The highest BCUT2D eigenvalue weighted by molar-refractivity contribution is 5.94. The lowest BCUT2D eigenvalue weighted by Gasteiger charge is -2.36. The van der Waals surface area contributed by atoms with Crippen LogP contribution in [0.15, 0.2) is 30.3 Å². The Kier molecular flexibility index (Phi) is 3.86. The highest BCUT2D eigenvalue weighted by atomic mass is 16.6. The van der Waals surface area contributed by atoms with Gasteiger partial charge in [0, 0.05) is 17.5 Å². The number of carbonyl (C=O) groups excluding carboxylic acids is 2. The number of carbonyl (C=O) groups is 2. The summed E-state index contributed by atoms with van der Waals surface area (Å²) in [4.78, 5) is 23.8. The third kappa shape index (κ3) is 2.52. The standard InChI is InChI=1S/C20H23N3O3/c1-12(13(2)24)23-18(21)11-17(22-23)14-7-9-20(10-8-14)16-6-4-3-5-15(16)19(25)26-20/h3-6,11-12,14H,7-10,21H2,1-2H3. The smallest absolute Gasteiger partial charge is 0.339 e. The number of nitrogen functional groups attached to an aromatic ring is 1. The first kappa shape index (κ1) is 16.8. The summed E-state index contributed by atoms with van der Waals surface area (Å²) >= 11 is 0. The molecule has 1 aromatic heterocycles. The zero-order valence-corrected chi connectivity index (χ0v) is 15.1. The lowest BCUT2D eigenvalue weighted by atomic mass is 9.74. The number of anilines is 1. The summed E-state index contributed by atoms with van der Waals surface area (Å²) in [6, 6.07) is 9.18. The van der Waals surface area contributed by atoms with Crippen LogP contribution in [0.4, 0.5) is 5.82 Å². The van der Waals surface area contributed by atoms with Gasteiger partial charge < -0.3 is 10.5 Å². The quantitative estimate of drug-likeness (QED) is 0.855. The number of Topliss-reactive ketones (excluding diaryl/α,β-unsaturated/α-hetero) is 1. The molecule has 1 saturated carbocycles. The van der Waals surface area contributed by atoms with Crippen LogP contribution >= 0.6 is 0 Å². The van der Waals surface area contributed by atoms with E-state index in [0.29, 0.717) is 11.4 Å². The number of ether oxygens (including phenoxy) is 1. The summed E-state index contributed by atoms with van der Waals surface area (Å²) in [5.41, 5.74) is 8.19. The molecule has 1 fully saturated rings. The van der Waals surface area contributed by atoms with Crippen molar-refractivity contribution in [2.45, 2.75) is 57.1 Å². The predicted molar refractivity (Wildman–Crippen MR) is 96.8 cm³/mol. The molecule has 0 saturated heterocycles. The zero-order chi connectivity index (χ0) is 18.5. The van der Waals surface area contributed by atoms with Gasteiger partial charge in [-0.15, -0.1) is 0 Å². The van der Waals surface area contributed by atoms with Crippen LogP contribution in [0.3, 0.4) is 0 Å². The van der Waals surface area contributed by atoms with Crippen molar-refractivity contribution in [1.29, 1.82) is 0 Å². The molecular weight excluding hydrogens is 330 g/mol. The molecule has 1 spiro atoms. The Labute approximate surface area is 152 Å². The number of benzene rings is 1. The highest BCUT2D eigenvalue weighted by Crippen LogP contribution is 2.50. The molecule has 0 radical (unpaired) electrons. The number of nitrogens with zero attached hydrogens (tertiary/aromatic N) is 2. The van der Waals surface area contributed by atoms with Gasteiger partial charge in [0.15, 0.2) is 5.78 Å². The Morgan fingerprint density at radius 2 is 2.04 bits per heavy atom. The molecule has 0 bridgehead atoms. The average molecular weight is 353 g/mol. The van der Waals surface area contributed by atoms with Crippen molar-refractivity contribution in [2.24, 2.45) is 0 Å². The molecule has 2 aromatic rings. The van der Waals surface area contributed by atoms with Gasteiger partial charge in [0.2, 0.25) is 0 Å². The van der Waals surface area contributed by atoms with Gasteiger partial charge in [-0.3, -0.25) is 4.79 Å². The number of nitrogens with two attached hydrogens (primary N) is 1. The molecule has 136 valence electrons. The third-order valence-electron chi connectivity index (χ3n) is 5.88. The third-order valence-corrected chi connectivity index (χ3v) is 5.88. The number of hydrogen-bond acceptors (Lipinski definition) is 5. The first-order valence-electron chi connectivity index (χ1n) is 9.09. The SMILES string of the molecule is CC(=O)C(C)n1nc(C2CCC3(CC2)OC(=O)c2ccccc23)cc1N. The van der Waals surface area contributed by atoms with Gasteiger partial charge in [-0.05, 0) is 45.6 Å². The fourth-order valence-corrected chi connectivity index (χ4v) is 4.21. The summed E-state index contributed by atoms with van der Waals surface area (Å²) in [7, 11) is 0. The molecule has 2 N–H and O–H groups in total. The van der Waals surface area contributed by atoms with E-state index in [4.69, 9.17) is 10.5 Å². The van der Waals surface area contributed by atoms with Gasteiger partial charge in [-0.2, -0.15) is 5.10 Å². The summed E-state index contributed by atoms with van der Waals surface area (Å²) in [6.07, 6.45) is 3.28. The van der Waals surface area contributed by atoms with Gasteiger partial charge in [-0.1, -0.05) is 18.2 Å². The van der Waals surface area contributed by atoms with E-state index >= 15 is 0 Å². The molecule has 6 heteroatoms. The Bertz CT molecular complexity index is 878. The molecule has 1 unspecified atom stereocenters. The largest absolute Gasteiger partial charge is 0.451 e. The topological polar surface area (TPSA) is 87.2 Å². The van der Waals surface area contributed by atoms with E-state index in [0.717, 1.165) is 36.9 Å². The maximum atomic E-state index is 12.2. The number of aromatic nitrogens is 2. The maximum Gasteiger partial charge on any atom is 0.339 e. The van der Waals surface area contributed by atoms with Gasteiger partial charge in [0.1, 0.15) is 17.5 Å². The number of hydrogen-bond donors (Lipinski definition) is 1. The fourth-order valence-electron chi connectivity index (χ4n) is 4.21. The second-order valence-electron chi connectivity index (χ2n) is 7.43. The second-order valence-corrected chi connectivity index (χ2v) is 7.43. The van der Waals surface area contributed by atoms with Gasteiger partial charge >= 0.3 is 5.97 Å². The predicted octanol–water partition coefficient (Wildman–Crippen LogP) is 3.34. The van der Waals surface area contributed by atoms with Crippen LogP contribution in [0.1, 0.15) is 73.1 Å². The summed E-state index contributed by atoms with van der Waals surface area (Å²) < 4.78 is 7.41. The summed E-state index contributed by atoms with van der Waals surface area (Å²) in [5.74, 6) is 0.585. The molecule has 2 heterocycles. The van der Waals surface area contributed by atoms with E-state index in [1.165, 1.54) is 0 Å². The molecule has 4 rings (SSSR count). The van der Waals surface area contributed by atoms with Crippen molar-refractivity contribution in [3.05, 3.63) is 47.2 Å². The molecular formula is C20H23N3O3. The van der Waals surface area contributed by atoms with Crippen LogP contribution in [-0.4, -0.2) is 21.5 Å². The second kappa shape index (κ2) is 5.97. The lowest BCUT2D eigenvalue weighted by Crippen LogP contribution is -2.31. The summed E-state index contributed by atoms with van der Waals surface area (Å²) in [6.45, 7) is 3.35. The molecule has 1 atom stereocenters. The minimum Gasteiger partial charge on any atom is -0.451 e. The minimum atomic E-state index is -0.495. The number of rotatable bonds is 3. The molecule has 1 aliphatic heterocycles. The van der Waals surface area contributed by atoms with Crippen LogP contribution < -0.4 is 5.73 Å². The highest BCUT2D eigenvalue weighted by Gasteiger charge is 2.47.